The Labute approximate surface area is 218 Å². The van der Waals surface area contributed by atoms with Gasteiger partial charge in [0.2, 0.25) is 0 Å². The van der Waals surface area contributed by atoms with Gasteiger partial charge in [0, 0.05) is 42.8 Å². The first-order valence-corrected chi connectivity index (χ1v) is 12.1. The lowest BCUT2D eigenvalue weighted by Gasteiger charge is -2.17. The molecule has 0 atom stereocenters. The monoisotopic (exact) mass is 507 g/mol. The summed E-state index contributed by atoms with van der Waals surface area (Å²) in [5.41, 5.74) is 4.26. The summed E-state index contributed by atoms with van der Waals surface area (Å²) in [6.45, 7) is 3.29. The Morgan fingerprint density at radius 1 is 1.08 bits per heavy atom. The van der Waals surface area contributed by atoms with Crippen molar-refractivity contribution in [3.05, 3.63) is 106 Å². The van der Waals surface area contributed by atoms with Gasteiger partial charge in [0.15, 0.2) is 5.78 Å². The molecule has 0 fully saturated rings. The predicted octanol–water partition coefficient (Wildman–Crippen LogP) is 5.89. The SMILES string of the molecule is CC(C)(C#N)c1cc(F)cc(C(=O)Cc2cc(Cc3ncccc3-c3ncnc4c3N=CC4)ccc2F)c1. The van der Waals surface area contributed by atoms with Gasteiger partial charge in [-0.1, -0.05) is 12.1 Å². The Balaban J connectivity index is 1.43. The predicted molar refractivity (Wildman–Crippen MR) is 139 cm³/mol. The number of aromatic nitrogens is 3. The van der Waals surface area contributed by atoms with Gasteiger partial charge in [-0.2, -0.15) is 5.26 Å². The van der Waals surface area contributed by atoms with E-state index in [-0.39, 0.29) is 17.5 Å². The summed E-state index contributed by atoms with van der Waals surface area (Å²) in [4.78, 5) is 30.8. The Morgan fingerprint density at radius 2 is 1.92 bits per heavy atom. The highest BCUT2D eigenvalue weighted by Crippen LogP contribution is 2.35. The van der Waals surface area contributed by atoms with E-state index in [4.69, 9.17) is 0 Å². The van der Waals surface area contributed by atoms with Crippen LogP contribution in [0.3, 0.4) is 0 Å². The molecule has 0 saturated heterocycles. The zero-order valence-electron chi connectivity index (χ0n) is 20.9. The van der Waals surface area contributed by atoms with E-state index in [9.17, 15) is 18.8 Å². The molecule has 5 rings (SSSR count). The number of Topliss-reactive ketones (excluding diaryl/α,β-unsaturated/α-hetero) is 1. The van der Waals surface area contributed by atoms with E-state index >= 15 is 0 Å². The molecule has 0 aliphatic carbocycles. The van der Waals surface area contributed by atoms with Gasteiger partial charge in [-0.25, -0.2) is 18.7 Å². The maximum absolute atomic E-state index is 14.8. The minimum absolute atomic E-state index is 0.0957. The van der Waals surface area contributed by atoms with Gasteiger partial charge >= 0.3 is 0 Å². The summed E-state index contributed by atoms with van der Waals surface area (Å²) in [6, 6.07) is 14.3. The van der Waals surface area contributed by atoms with Crippen molar-refractivity contribution >= 4 is 17.7 Å². The molecule has 3 heterocycles. The zero-order valence-corrected chi connectivity index (χ0v) is 20.9. The number of hydrogen-bond donors (Lipinski definition) is 0. The van der Waals surface area contributed by atoms with Crippen LogP contribution in [0.25, 0.3) is 11.3 Å². The van der Waals surface area contributed by atoms with Crippen LogP contribution in [-0.4, -0.2) is 26.9 Å². The normalized spacial score (nSPS) is 12.3. The molecule has 0 bridgehead atoms. The largest absolute Gasteiger partial charge is 0.294 e. The third kappa shape index (κ3) is 4.96. The first kappa shape index (κ1) is 25.0. The van der Waals surface area contributed by atoms with Gasteiger partial charge in [0.25, 0.3) is 0 Å². The van der Waals surface area contributed by atoms with Crippen LogP contribution < -0.4 is 0 Å². The first-order chi connectivity index (χ1) is 18.2. The molecule has 1 aliphatic heterocycles. The number of aliphatic imine (C=N–C) groups is 1. The zero-order chi connectivity index (χ0) is 26.9. The molecule has 38 heavy (non-hydrogen) atoms. The van der Waals surface area contributed by atoms with Crippen LogP contribution in [0, 0.1) is 23.0 Å². The molecule has 6 nitrogen and oxygen atoms in total. The lowest BCUT2D eigenvalue weighted by Crippen LogP contribution is -2.16. The number of pyridine rings is 1. The van der Waals surface area contributed by atoms with Crippen LogP contribution in [-0.2, 0) is 24.7 Å². The number of benzene rings is 2. The third-order valence-electron chi connectivity index (χ3n) is 6.60. The quantitative estimate of drug-likeness (QED) is 0.291. The molecule has 8 heteroatoms. The number of ketones is 1. The number of fused-ring (bicyclic) bond motifs is 1. The number of halogens is 2. The molecular weight excluding hydrogens is 484 g/mol. The van der Waals surface area contributed by atoms with Crippen molar-refractivity contribution in [1.82, 2.24) is 15.0 Å². The van der Waals surface area contributed by atoms with E-state index in [2.05, 4.69) is 26.0 Å². The molecule has 0 unspecified atom stereocenters. The van der Waals surface area contributed by atoms with Crippen molar-refractivity contribution in [2.24, 2.45) is 4.99 Å². The lowest BCUT2D eigenvalue weighted by molar-refractivity contribution is 0.0991. The van der Waals surface area contributed by atoms with Crippen molar-refractivity contribution < 1.29 is 13.6 Å². The average molecular weight is 508 g/mol. The number of carbonyl (C=O) groups excluding carboxylic acids is 1. The first-order valence-electron chi connectivity index (χ1n) is 12.1. The fourth-order valence-electron chi connectivity index (χ4n) is 4.43. The van der Waals surface area contributed by atoms with E-state index in [0.717, 1.165) is 34.3 Å². The second-order valence-corrected chi connectivity index (χ2v) is 9.70. The maximum atomic E-state index is 14.8. The van der Waals surface area contributed by atoms with E-state index in [0.29, 0.717) is 24.1 Å². The standard InChI is InChI=1S/C30H23F2N5O/c1-30(2,16-33)21-12-20(13-22(31)15-21)27(38)14-19-10-18(5-6-24(19)32)11-26-23(4-3-8-34-26)28-29-25(7-9-35-29)36-17-37-28/h3-6,8-10,12-13,15,17H,7,11,14H2,1-2H3. The number of carbonyl (C=O) groups is 1. The highest BCUT2D eigenvalue weighted by molar-refractivity contribution is 5.97. The highest BCUT2D eigenvalue weighted by Gasteiger charge is 2.23. The number of rotatable bonds is 7. The lowest BCUT2D eigenvalue weighted by atomic mass is 9.84. The number of nitrogens with zero attached hydrogens (tertiary/aromatic N) is 5. The summed E-state index contributed by atoms with van der Waals surface area (Å²) in [5.74, 6) is -1.59. The van der Waals surface area contributed by atoms with Gasteiger partial charge in [0.1, 0.15) is 29.3 Å². The van der Waals surface area contributed by atoms with Crippen LogP contribution in [0.5, 0.6) is 0 Å². The Kier molecular flexibility index (Phi) is 6.60. The average Bonchev–Trinajstić information content (AvgIpc) is 3.40. The van der Waals surface area contributed by atoms with Crippen molar-refractivity contribution in [2.45, 2.75) is 38.5 Å². The maximum Gasteiger partial charge on any atom is 0.167 e. The van der Waals surface area contributed by atoms with Gasteiger partial charge in [-0.15, -0.1) is 0 Å². The van der Waals surface area contributed by atoms with Crippen molar-refractivity contribution in [3.63, 3.8) is 0 Å². The molecule has 0 amide bonds. The van der Waals surface area contributed by atoms with Crippen LogP contribution in [0.1, 0.15) is 52.3 Å². The fraction of sp³-hybridized carbons (Fsp3) is 0.200. The smallest absolute Gasteiger partial charge is 0.167 e. The van der Waals surface area contributed by atoms with Crippen molar-refractivity contribution in [1.29, 1.82) is 5.26 Å². The molecular formula is C30H23F2N5O. The molecule has 0 saturated carbocycles. The molecule has 0 spiro atoms. The molecule has 2 aromatic carbocycles. The third-order valence-corrected chi connectivity index (χ3v) is 6.60. The van der Waals surface area contributed by atoms with E-state index in [1.807, 2.05) is 12.1 Å². The minimum Gasteiger partial charge on any atom is -0.294 e. The number of nitriles is 1. The minimum atomic E-state index is -0.974. The van der Waals surface area contributed by atoms with Crippen molar-refractivity contribution in [2.75, 3.05) is 0 Å². The van der Waals surface area contributed by atoms with E-state index in [1.165, 1.54) is 24.5 Å². The molecule has 0 radical (unpaired) electrons. The summed E-state index contributed by atoms with van der Waals surface area (Å²) >= 11 is 0. The second kappa shape index (κ2) is 10.0. The second-order valence-electron chi connectivity index (χ2n) is 9.70. The molecule has 0 N–H and O–H groups in total. The summed E-state index contributed by atoms with van der Waals surface area (Å²) < 4.78 is 29.0. The summed E-state index contributed by atoms with van der Waals surface area (Å²) in [5, 5.41) is 9.40. The molecule has 188 valence electrons. The summed E-state index contributed by atoms with van der Waals surface area (Å²) in [6.07, 6.45) is 5.76. The van der Waals surface area contributed by atoms with Crippen LogP contribution >= 0.6 is 0 Å². The highest BCUT2D eigenvalue weighted by atomic mass is 19.1. The molecule has 4 aromatic rings. The van der Waals surface area contributed by atoms with Crippen LogP contribution in [0.4, 0.5) is 14.5 Å². The Morgan fingerprint density at radius 3 is 2.74 bits per heavy atom. The van der Waals surface area contributed by atoms with Gasteiger partial charge < -0.3 is 0 Å². The fourth-order valence-corrected chi connectivity index (χ4v) is 4.43. The van der Waals surface area contributed by atoms with Gasteiger partial charge in [-0.3, -0.25) is 14.8 Å². The van der Waals surface area contributed by atoms with Crippen LogP contribution in [0.2, 0.25) is 0 Å². The topological polar surface area (TPSA) is 91.9 Å². The van der Waals surface area contributed by atoms with Crippen molar-refractivity contribution in [3.8, 4) is 17.3 Å². The van der Waals surface area contributed by atoms with E-state index in [1.54, 1.807) is 38.4 Å². The van der Waals surface area contributed by atoms with Gasteiger partial charge in [0.05, 0.1) is 22.9 Å². The van der Waals surface area contributed by atoms with E-state index < -0.39 is 22.8 Å². The van der Waals surface area contributed by atoms with Crippen LogP contribution in [0.15, 0.2) is 66.0 Å². The summed E-state index contributed by atoms with van der Waals surface area (Å²) in [7, 11) is 0. The molecule has 2 aromatic heterocycles. The Hall–Kier alpha value is -4.64. The Bertz CT molecular complexity index is 1640. The van der Waals surface area contributed by atoms with Gasteiger partial charge in [-0.05, 0) is 66.9 Å². The number of hydrogen-bond acceptors (Lipinski definition) is 6. The molecule has 1 aliphatic rings.